The number of amides is 2. The predicted octanol–water partition coefficient (Wildman–Crippen LogP) is 4.35. The lowest BCUT2D eigenvalue weighted by atomic mass is 9.89. The largest absolute Gasteiger partial charge is 0.340 e. The van der Waals surface area contributed by atoms with Gasteiger partial charge in [-0.15, -0.1) is 11.3 Å². The van der Waals surface area contributed by atoms with Gasteiger partial charge in [-0.3, -0.25) is 14.5 Å². The summed E-state index contributed by atoms with van der Waals surface area (Å²) in [6.45, 7) is 5.42. The molecule has 1 atom stereocenters. The number of benzene rings is 1. The van der Waals surface area contributed by atoms with Gasteiger partial charge in [-0.05, 0) is 84.6 Å². The summed E-state index contributed by atoms with van der Waals surface area (Å²) in [5.74, 6) is 0.454. The Hall–Kier alpha value is -2.25. The van der Waals surface area contributed by atoms with Crippen LogP contribution in [0.3, 0.4) is 0 Å². The van der Waals surface area contributed by atoms with Crippen molar-refractivity contribution in [2.45, 2.75) is 51.5 Å². The molecule has 2 amide bonds. The molecule has 2 aliphatic heterocycles. The van der Waals surface area contributed by atoms with Crippen LogP contribution in [0, 0.1) is 17.2 Å². The summed E-state index contributed by atoms with van der Waals surface area (Å²) < 4.78 is 13.5. The third kappa shape index (κ3) is 4.53. The van der Waals surface area contributed by atoms with Crippen LogP contribution in [-0.4, -0.2) is 65.8 Å². The van der Waals surface area contributed by atoms with Crippen molar-refractivity contribution < 1.29 is 14.0 Å². The van der Waals surface area contributed by atoms with Gasteiger partial charge in [0.15, 0.2) is 0 Å². The highest BCUT2D eigenvalue weighted by Gasteiger charge is 2.59. The Balaban J connectivity index is 0.995. The maximum atomic E-state index is 13.5. The third-order valence-electron chi connectivity index (χ3n) is 8.81. The molecule has 35 heavy (non-hydrogen) atoms. The van der Waals surface area contributed by atoms with E-state index in [4.69, 9.17) is 0 Å². The summed E-state index contributed by atoms with van der Waals surface area (Å²) in [6.07, 6.45) is 7.46. The second-order valence-electron chi connectivity index (χ2n) is 10.9. The summed E-state index contributed by atoms with van der Waals surface area (Å²) >= 11 is 1.63. The first-order chi connectivity index (χ1) is 17.0. The second kappa shape index (κ2) is 9.32. The molecule has 3 fully saturated rings. The summed E-state index contributed by atoms with van der Waals surface area (Å²) in [5, 5.41) is 2.20. The molecule has 0 radical (unpaired) electrons. The van der Waals surface area contributed by atoms with Crippen molar-refractivity contribution in [3.05, 3.63) is 57.0 Å². The summed E-state index contributed by atoms with van der Waals surface area (Å²) in [5.41, 5.74) is 3.79. The van der Waals surface area contributed by atoms with Gasteiger partial charge in [-0.25, -0.2) is 4.39 Å². The quantitative estimate of drug-likeness (QED) is 0.633. The van der Waals surface area contributed by atoms with E-state index in [-0.39, 0.29) is 23.1 Å². The minimum atomic E-state index is -0.196. The third-order valence-corrected chi connectivity index (χ3v) is 9.87. The highest BCUT2D eigenvalue weighted by Crippen LogP contribution is 2.60. The van der Waals surface area contributed by atoms with Crippen LogP contribution in [-0.2, 0) is 24.2 Å². The van der Waals surface area contributed by atoms with Crippen LogP contribution in [0.25, 0.3) is 0 Å². The Morgan fingerprint density at radius 3 is 2.54 bits per heavy atom. The molecule has 0 bridgehead atoms. The molecule has 3 heterocycles. The van der Waals surface area contributed by atoms with Crippen molar-refractivity contribution in [2.24, 2.45) is 11.3 Å². The zero-order valence-electron chi connectivity index (χ0n) is 20.3. The van der Waals surface area contributed by atoms with Gasteiger partial charge in [-0.1, -0.05) is 12.1 Å². The first kappa shape index (κ1) is 23.2. The van der Waals surface area contributed by atoms with Crippen molar-refractivity contribution in [3.8, 4) is 0 Å². The molecule has 2 aliphatic carbocycles. The van der Waals surface area contributed by atoms with Gasteiger partial charge in [0.2, 0.25) is 5.91 Å². The Kier molecular flexibility index (Phi) is 6.17. The number of carbonyl (C=O) groups excluding carboxylic acids is 2. The van der Waals surface area contributed by atoms with Gasteiger partial charge in [0, 0.05) is 51.7 Å². The average Bonchev–Trinajstić information content (AvgIpc) is 3.39. The van der Waals surface area contributed by atoms with E-state index in [9.17, 15) is 14.0 Å². The lowest BCUT2D eigenvalue weighted by molar-refractivity contribution is -0.135. The Morgan fingerprint density at radius 1 is 1.00 bits per heavy atom. The zero-order valence-corrected chi connectivity index (χ0v) is 21.1. The molecule has 7 heteroatoms. The van der Waals surface area contributed by atoms with Crippen LogP contribution in [0.2, 0.25) is 0 Å². The van der Waals surface area contributed by atoms with Crippen molar-refractivity contribution in [1.82, 2.24) is 14.7 Å². The van der Waals surface area contributed by atoms with Crippen molar-refractivity contribution >= 4 is 23.2 Å². The maximum Gasteiger partial charge on any atom is 0.264 e. The SMILES string of the molecule is O=C(c1scc2c1CCCC2)N1CCC2(CC1)CC2C(=O)N1CCN(Cc2cccc(F)c2)CC1. The van der Waals surface area contributed by atoms with Crippen LogP contribution in [0.4, 0.5) is 4.39 Å². The standard InChI is InChI=1S/C28H34FN3O2S/c29-22-6-3-4-20(16-22)18-30-12-14-32(15-13-30)26(33)24-17-28(24)8-10-31(11-9-28)27(34)25-23-7-2-1-5-21(23)19-35-25/h3-4,6,16,19,24H,1-2,5,7-15,17-18H2. The van der Waals surface area contributed by atoms with Gasteiger partial charge in [0.25, 0.3) is 5.91 Å². The lowest BCUT2D eigenvalue weighted by Gasteiger charge is -2.36. The van der Waals surface area contributed by atoms with Gasteiger partial charge in [0.05, 0.1) is 4.88 Å². The number of thiophene rings is 1. The minimum absolute atomic E-state index is 0.113. The van der Waals surface area contributed by atoms with Crippen molar-refractivity contribution in [3.63, 3.8) is 0 Å². The number of carbonyl (C=O) groups is 2. The van der Waals surface area contributed by atoms with Crippen LogP contribution >= 0.6 is 11.3 Å². The molecule has 5 nitrogen and oxygen atoms in total. The van der Waals surface area contributed by atoms with Gasteiger partial charge in [0.1, 0.15) is 5.82 Å². The summed E-state index contributed by atoms with van der Waals surface area (Å²) in [7, 11) is 0. The number of piperazine rings is 1. The van der Waals surface area contributed by atoms with Crippen molar-refractivity contribution in [1.29, 1.82) is 0 Å². The molecule has 186 valence electrons. The van der Waals surface area contributed by atoms with Crippen LogP contribution in [0.15, 0.2) is 29.6 Å². The van der Waals surface area contributed by atoms with E-state index in [0.29, 0.717) is 5.91 Å². The number of likely N-dealkylation sites (tertiary alicyclic amines) is 1. The number of halogens is 1. The normalized spacial score (nSPS) is 23.9. The molecule has 2 aromatic rings. The molecule has 6 rings (SSSR count). The highest BCUT2D eigenvalue weighted by atomic mass is 32.1. The molecule has 1 aromatic heterocycles. The monoisotopic (exact) mass is 495 g/mol. The predicted molar refractivity (Wildman–Crippen MR) is 135 cm³/mol. The molecular formula is C28H34FN3O2S. The average molecular weight is 496 g/mol. The first-order valence-electron chi connectivity index (χ1n) is 13.2. The minimum Gasteiger partial charge on any atom is -0.340 e. The number of piperidine rings is 1. The number of rotatable bonds is 4. The van der Waals surface area contributed by atoms with E-state index >= 15 is 0 Å². The maximum absolute atomic E-state index is 13.5. The van der Waals surface area contributed by atoms with Gasteiger partial charge < -0.3 is 9.80 Å². The molecule has 2 saturated heterocycles. The fourth-order valence-corrected chi connectivity index (χ4v) is 7.61. The topological polar surface area (TPSA) is 43.9 Å². The van der Waals surface area contributed by atoms with E-state index in [1.54, 1.807) is 23.5 Å². The number of hydrogen-bond acceptors (Lipinski definition) is 4. The molecular weight excluding hydrogens is 461 g/mol. The number of fused-ring (bicyclic) bond motifs is 1. The van der Waals surface area contributed by atoms with E-state index < -0.39 is 0 Å². The van der Waals surface area contributed by atoms with E-state index in [2.05, 4.69) is 10.3 Å². The molecule has 0 N–H and O–H groups in total. The lowest BCUT2D eigenvalue weighted by Crippen LogP contribution is -2.49. The van der Waals surface area contributed by atoms with Gasteiger partial charge >= 0.3 is 0 Å². The fraction of sp³-hybridized carbons (Fsp3) is 0.571. The Labute approximate surface area is 210 Å². The van der Waals surface area contributed by atoms with Crippen molar-refractivity contribution in [2.75, 3.05) is 39.3 Å². The molecule has 1 saturated carbocycles. The molecule has 1 spiro atoms. The van der Waals surface area contributed by atoms with E-state index in [1.165, 1.54) is 30.0 Å². The number of hydrogen-bond donors (Lipinski definition) is 0. The molecule has 1 unspecified atom stereocenters. The first-order valence-corrected chi connectivity index (χ1v) is 14.0. The highest BCUT2D eigenvalue weighted by molar-refractivity contribution is 7.12. The van der Waals surface area contributed by atoms with E-state index in [1.807, 2.05) is 15.9 Å². The Morgan fingerprint density at radius 2 is 1.77 bits per heavy atom. The smallest absolute Gasteiger partial charge is 0.264 e. The van der Waals surface area contributed by atoms with Crippen LogP contribution in [0.1, 0.15) is 58.5 Å². The number of aryl methyl sites for hydroxylation is 1. The molecule has 4 aliphatic rings. The van der Waals surface area contributed by atoms with Gasteiger partial charge in [-0.2, -0.15) is 0 Å². The summed E-state index contributed by atoms with van der Waals surface area (Å²) in [4.78, 5) is 33.9. The molecule has 1 aromatic carbocycles. The zero-order chi connectivity index (χ0) is 24.0. The summed E-state index contributed by atoms with van der Waals surface area (Å²) in [6, 6.07) is 6.78. The number of nitrogens with zero attached hydrogens (tertiary/aromatic N) is 3. The van der Waals surface area contributed by atoms with Crippen LogP contribution < -0.4 is 0 Å². The Bertz CT molecular complexity index is 1120. The fourth-order valence-electron chi connectivity index (χ4n) is 6.49. The van der Waals surface area contributed by atoms with E-state index in [0.717, 1.165) is 88.4 Å². The van der Waals surface area contributed by atoms with Crippen LogP contribution in [0.5, 0.6) is 0 Å². The second-order valence-corrected chi connectivity index (χ2v) is 11.8.